The molecule has 2 rings (SSSR count). The van der Waals surface area contributed by atoms with Crippen molar-refractivity contribution >= 4 is 5.97 Å². The Balaban J connectivity index is 1.89. The van der Waals surface area contributed by atoms with Gasteiger partial charge in [-0.2, -0.15) is 0 Å². The molecule has 0 spiro atoms. The molecule has 0 saturated heterocycles. The predicted octanol–water partition coefficient (Wildman–Crippen LogP) is 1.24. The van der Waals surface area contributed by atoms with Crippen LogP contribution in [0.3, 0.4) is 0 Å². The van der Waals surface area contributed by atoms with Crippen LogP contribution in [0.1, 0.15) is 23.2 Å². The zero-order valence-electron chi connectivity index (χ0n) is 10.7. The van der Waals surface area contributed by atoms with Crippen molar-refractivity contribution in [3.05, 3.63) is 23.9 Å². The summed E-state index contributed by atoms with van der Waals surface area (Å²) in [7, 11) is 3.31. The lowest BCUT2D eigenvalue weighted by Crippen LogP contribution is -2.38. The summed E-state index contributed by atoms with van der Waals surface area (Å²) in [4.78, 5) is 15.5. The standard InChI is InChI=1S/C13H18N2O3/c1-14-8-9-5-11(6-9)18-12-7-10(3-4-15-12)13(16)17-2/h3-4,7,9,11,14H,5-6,8H2,1-2H3. The molecule has 0 bridgehead atoms. The number of nitrogens with zero attached hydrogens (tertiary/aromatic N) is 1. The molecule has 0 amide bonds. The van der Waals surface area contributed by atoms with Crippen molar-refractivity contribution in [1.29, 1.82) is 0 Å². The summed E-state index contributed by atoms with van der Waals surface area (Å²) in [6.45, 7) is 1.02. The first-order valence-corrected chi connectivity index (χ1v) is 6.08. The molecule has 1 fully saturated rings. The number of carbonyl (C=O) groups excluding carboxylic acids is 1. The van der Waals surface area contributed by atoms with Gasteiger partial charge in [-0.3, -0.25) is 0 Å². The van der Waals surface area contributed by atoms with Gasteiger partial charge < -0.3 is 14.8 Å². The summed E-state index contributed by atoms with van der Waals surface area (Å²) in [6.07, 6.45) is 3.84. The minimum absolute atomic E-state index is 0.212. The Morgan fingerprint density at radius 1 is 1.56 bits per heavy atom. The van der Waals surface area contributed by atoms with Crippen molar-refractivity contribution in [1.82, 2.24) is 10.3 Å². The quantitative estimate of drug-likeness (QED) is 0.797. The van der Waals surface area contributed by atoms with E-state index in [1.807, 2.05) is 7.05 Å². The summed E-state index contributed by atoms with van der Waals surface area (Å²) in [5, 5.41) is 3.15. The fourth-order valence-electron chi connectivity index (χ4n) is 2.12. The van der Waals surface area contributed by atoms with E-state index in [2.05, 4.69) is 15.0 Å². The molecule has 18 heavy (non-hydrogen) atoms. The van der Waals surface area contributed by atoms with Crippen LogP contribution in [-0.2, 0) is 4.74 Å². The fraction of sp³-hybridized carbons (Fsp3) is 0.538. The predicted molar refractivity (Wildman–Crippen MR) is 66.6 cm³/mol. The average Bonchev–Trinajstić information content (AvgIpc) is 2.36. The lowest BCUT2D eigenvalue weighted by atomic mass is 9.82. The van der Waals surface area contributed by atoms with Gasteiger partial charge in [-0.1, -0.05) is 0 Å². The number of carbonyl (C=O) groups is 1. The molecule has 0 aliphatic heterocycles. The van der Waals surface area contributed by atoms with Crippen LogP contribution < -0.4 is 10.1 Å². The molecule has 5 heteroatoms. The Kier molecular flexibility index (Phi) is 4.15. The molecule has 1 saturated carbocycles. The lowest BCUT2D eigenvalue weighted by molar-refractivity contribution is 0.0575. The summed E-state index contributed by atoms with van der Waals surface area (Å²) < 4.78 is 10.4. The summed E-state index contributed by atoms with van der Waals surface area (Å²) in [6, 6.07) is 3.24. The van der Waals surface area contributed by atoms with Crippen LogP contribution in [0, 0.1) is 5.92 Å². The smallest absolute Gasteiger partial charge is 0.338 e. The first-order valence-electron chi connectivity index (χ1n) is 6.08. The largest absolute Gasteiger partial charge is 0.474 e. The van der Waals surface area contributed by atoms with E-state index in [-0.39, 0.29) is 12.1 Å². The molecular formula is C13H18N2O3. The van der Waals surface area contributed by atoms with E-state index < -0.39 is 0 Å². The second-order valence-electron chi connectivity index (χ2n) is 4.51. The van der Waals surface area contributed by atoms with Gasteiger partial charge in [-0.25, -0.2) is 9.78 Å². The number of esters is 1. The number of rotatable bonds is 5. The highest BCUT2D eigenvalue weighted by Gasteiger charge is 2.30. The van der Waals surface area contributed by atoms with E-state index in [1.54, 1.807) is 18.3 Å². The van der Waals surface area contributed by atoms with Crippen molar-refractivity contribution in [2.45, 2.75) is 18.9 Å². The third-order valence-electron chi connectivity index (χ3n) is 3.13. The number of ether oxygens (including phenoxy) is 2. The van der Waals surface area contributed by atoms with Gasteiger partial charge in [0.2, 0.25) is 5.88 Å². The zero-order valence-corrected chi connectivity index (χ0v) is 10.7. The van der Waals surface area contributed by atoms with Crippen molar-refractivity contribution in [3.8, 4) is 5.88 Å². The van der Waals surface area contributed by atoms with Crippen molar-refractivity contribution in [3.63, 3.8) is 0 Å². The average molecular weight is 250 g/mol. The van der Waals surface area contributed by atoms with Crippen molar-refractivity contribution < 1.29 is 14.3 Å². The molecule has 98 valence electrons. The van der Waals surface area contributed by atoms with Gasteiger partial charge in [0.25, 0.3) is 0 Å². The van der Waals surface area contributed by atoms with E-state index in [9.17, 15) is 4.79 Å². The Hall–Kier alpha value is -1.62. The maximum atomic E-state index is 11.4. The maximum Gasteiger partial charge on any atom is 0.338 e. The second-order valence-corrected chi connectivity index (χ2v) is 4.51. The van der Waals surface area contributed by atoms with Crippen LogP contribution in [0.5, 0.6) is 5.88 Å². The molecule has 5 nitrogen and oxygen atoms in total. The summed E-state index contributed by atoms with van der Waals surface area (Å²) in [5.74, 6) is 0.804. The molecule has 1 aliphatic rings. The number of hydrogen-bond acceptors (Lipinski definition) is 5. The van der Waals surface area contributed by atoms with Gasteiger partial charge in [0.05, 0.1) is 12.7 Å². The Morgan fingerprint density at radius 2 is 2.33 bits per heavy atom. The number of nitrogens with one attached hydrogen (secondary N) is 1. The first-order chi connectivity index (χ1) is 8.72. The van der Waals surface area contributed by atoms with Crippen LogP contribution in [0.25, 0.3) is 0 Å². The van der Waals surface area contributed by atoms with Crippen molar-refractivity contribution in [2.75, 3.05) is 20.7 Å². The number of methoxy groups -OCH3 is 1. The van der Waals surface area contributed by atoms with Crippen molar-refractivity contribution in [2.24, 2.45) is 5.92 Å². The molecule has 0 aromatic carbocycles. The Labute approximate surface area is 107 Å². The van der Waals surface area contributed by atoms with E-state index >= 15 is 0 Å². The van der Waals surface area contributed by atoms with Gasteiger partial charge in [0.15, 0.2) is 0 Å². The molecule has 1 heterocycles. The van der Waals surface area contributed by atoms with Crippen LogP contribution >= 0.6 is 0 Å². The second kappa shape index (κ2) is 5.82. The molecule has 0 radical (unpaired) electrons. The van der Waals surface area contributed by atoms with Gasteiger partial charge in [0.1, 0.15) is 6.10 Å². The van der Waals surface area contributed by atoms with Crippen LogP contribution in [0.4, 0.5) is 0 Å². The highest BCUT2D eigenvalue weighted by atomic mass is 16.5. The Bertz CT molecular complexity index is 416. The molecule has 1 aliphatic carbocycles. The highest BCUT2D eigenvalue weighted by molar-refractivity contribution is 5.89. The fourth-order valence-corrected chi connectivity index (χ4v) is 2.12. The molecule has 1 aromatic heterocycles. The third-order valence-corrected chi connectivity index (χ3v) is 3.13. The normalized spacial score (nSPS) is 22.1. The Morgan fingerprint density at radius 3 is 3.00 bits per heavy atom. The number of aromatic nitrogens is 1. The lowest BCUT2D eigenvalue weighted by Gasteiger charge is -2.34. The van der Waals surface area contributed by atoms with Crippen LogP contribution in [0.2, 0.25) is 0 Å². The van der Waals surface area contributed by atoms with E-state index in [1.165, 1.54) is 7.11 Å². The van der Waals surface area contributed by atoms with Gasteiger partial charge >= 0.3 is 5.97 Å². The third kappa shape index (κ3) is 2.98. The van der Waals surface area contributed by atoms with E-state index in [0.717, 1.165) is 19.4 Å². The maximum absolute atomic E-state index is 11.4. The first kappa shape index (κ1) is 12.8. The zero-order chi connectivity index (χ0) is 13.0. The topological polar surface area (TPSA) is 60.5 Å². The molecule has 0 unspecified atom stereocenters. The molecule has 1 aromatic rings. The molecular weight excluding hydrogens is 232 g/mol. The SMILES string of the molecule is CNCC1CC(Oc2cc(C(=O)OC)ccn2)C1. The van der Waals surface area contributed by atoms with E-state index in [0.29, 0.717) is 17.4 Å². The molecule has 1 N–H and O–H groups in total. The van der Waals surface area contributed by atoms with Crippen LogP contribution in [-0.4, -0.2) is 37.8 Å². The molecule has 0 atom stereocenters. The monoisotopic (exact) mass is 250 g/mol. The number of hydrogen-bond donors (Lipinski definition) is 1. The minimum Gasteiger partial charge on any atom is -0.474 e. The summed E-state index contributed by atoms with van der Waals surface area (Å²) in [5.41, 5.74) is 0.466. The number of pyridine rings is 1. The van der Waals surface area contributed by atoms with Gasteiger partial charge in [-0.15, -0.1) is 0 Å². The summed E-state index contributed by atoms with van der Waals surface area (Å²) >= 11 is 0. The van der Waals surface area contributed by atoms with E-state index in [4.69, 9.17) is 4.74 Å². The minimum atomic E-state index is -0.371. The highest BCUT2D eigenvalue weighted by Crippen LogP contribution is 2.30. The van der Waals surface area contributed by atoms with Gasteiger partial charge in [0, 0.05) is 12.3 Å². The van der Waals surface area contributed by atoms with Gasteiger partial charge in [-0.05, 0) is 38.4 Å². The van der Waals surface area contributed by atoms with Crippen LogP contribution in [0.15, 0.2) is 18.3 Å².